The number of hydrogen-bond donors (Lipinski definition) is 1. The third-order valence-electron chi connectivity index (χ3n) is 2.30. The van der Waals surface area contributed by atoms with E-state index in [9.17, 15) is 4.79 Å². The van der Waals surface area contributed by atoms with E-state index in [1.165, 1.54) is 0 Å². The van der Waals surface area contributed by atoms with Crippen LogP contribution >= 0.6 is 11.6 Å². The monoisotopic (exact) mass is 223 g/mol. The molecule has 0 bridgehead atoms. The van der Waals surface area contributed by atoms with Gasteiger partial charge in [-0.2, -0.15) is 0 Å². The fourth-order valence-corrected chi connectivity index (χ4v) is 1.90. The molecule has 2 rings (SSSR count). The first kappa shape index (κ1) is 10.1. The molecule has 15 heavy (non-hydrogen) atoms. The minimum atomic E-state index is -0.893. The molecule has 0 amide bonds. The van der Waals surface area contributed by atoms with Gasteiger partial charge in [0.2, 0.25) is 0 Å². The van der Waals surface area contributed by atoms with Crippen LogP contribution in [0.1, 0.15) is 5.56 Å². The molecule has 0 aliphatic rings. The van der Waals surface area contributed by atoms with E-state index < -0.39 is 5.97 Å². The van der Waals surface area contributed by atoms with E-state index >= 15 is 0 Å². The first-order valence-electron chi connectivity index (χ1n) is 4.55. The minimum absolute atomic E-state index is 0.105. The summed E-state index contributed by atoms with van der Waals surface area (Å²) in [7, 11) is 0. The van der Waals surface area contributed by atoms with E-state index in [0.29, 0.717) is 5.15 Å². The van der Waals surface area contributed by atoms with Gasteiger partial charge in [-0.1, -0.05) is 23.7 Å². The second kappa shape index (κ2) is 3.59. The van der Waals surface area contributed by atoms with Crippen molar-refractivity contribution >= 4 is 28.5 Å². The number of carboxylic acid groups (broad SMARTS) is 1. The van der Waals surface area contributed by atoms with E-state index in [2.05, 4.69) is 0 Å². The molecule has 2 aromatic rings. The van der Waals surface area contributed by atoms with Crippen LogP contribution in [0.5, 0.6) is 0 Å². The zero-order valence-corrected chi connectivity index (χ0v) is 8.95. The van der Waals surface area contributed by atoms with Gasteiger partial charge in [0, 0.05) is 5.39 Å². The Kier molecular flexibility index (Phi) is 2.40. The normalized spacial score (nSPS) is 10.8. The van der Waals surface area contributed by atoms with Crippen molar-refractivity contribution in [1.82, 2.24) is 4.57 Å². The standard InChI is InChI=1S/C11H10ClNO2/c1-7-2-3-8-5-10(12)13(6-11(14)15)9(8)4-7/h2-5H,6H2,1H3,(H,14,15). The van der Waals surface area contributed by atoms with Crippen LogP contribution in [0.4, 0.5) is 0 Å². The summed E-state index contributed by atoms with van der Waals surface area (Å²) in [5, 5.41) is 10.2. The highest BCUT2D eigenvalue weighted by molar-refractivity contribution is 6.31. The van der Waals surface area contributed by atoms with Crippen molar-refractivity contribution < 1.29 is 9.90 Å². The fraction of sp³-hybridized carbons (Fsp3) is 0.182. The van der Waals surface area contributed by atoms with Crippen LogP contribution in [0.15, 0.2) is 24.3 Å². The molecular formula is C11H10ClNO2. The summed E-state index contributed by atoms with van der Waals surface area (Å²) in [6, 6.07) is 7.63. The summed E-state index contributed by atoms with van der Waals surface area (Å²) in [5.41, 5.74) is 1.95. The quantitative estimate of drug-likeness (QED) is 0.851. The van der Waals surface area contributed by atoms with Crippen LogP contribution in [0, 0.1) is 6.92 Å². The smallest absolute Gasteiger partial charge is 0.323 e. The van der Waals surface area contributed by atoms with Gasteiger partial charge in [-0.3, -0.25) is 4.79 Å². The lowest BCUT2D eigenvalue weighted by Gasteiger charge is -2.03. The number of nitrogens with zero attached hydrogens (tertiary/aromatic N) is 1. The third kappa shape index (κ3) is 1.83. The summed E-state index contributed by atoms with van der Waals surface area (Å²) in [6.07, 6.45) is 0. The van der Waals surface area contributed by atoms with Gasteiger partial charge < -0.3 is 9.67 Å². The molecule has 0 fully saturated rings. The fourth-order valence-electron chi connectivity index (χ4n) is 1.63. The lowest BCUT2D eigenvalue weighted by Crippen LogP contribution is -2.08. The summed E-state index contributed by atoms with van der Waals surface area (Å²) in [4.78, 5) is 10.7. The lowest BCUT2D eigenvalue weighted by atomic mass is 10.2. The number of hydrogen-bond acceptors (Lipinski definition) is 1. The highest BCUT2D eigenvalue weighted by atomic mass is 35.5. The summed E-state index contributed by atoms with van der Waals surface area (Å²) < 4.78 is 1.59. The Hall–Kier alpha value is -1.48. The van der Waals surface area contributed by atoms with Crippen molar-refractivity contribution in [1.29, 1.82) is 0 Å². The van der Waals surface area contributed by atoms with Crippen LogP contribution < -0.4 is 0 Å². The Morgan fingerprint density at radius 3 is 2.87 bits per heavy atom. The number of aryl methyl sites for hydroxylation is 1. The first-order valence-corrected chi connectivity index (χ1v) is 4.93. The predicted octanol–water partition coefficient (Wildman–Crippen LogP) is 2.69. The van der Waals surface area contributed by atoms with Crippen LogP contribution in [-0.2, 0) is 11.3 Å². The second-order valence-corrected chi connectivity index (χ2v) is 3.90. The molecule has 0 saturated carbocycles. The summed E-state index contributed by atoms with van der Waals surface area (Å²) in [5.74, 6) is -0.893. The van der Waals surface area contributed by atoms with Gasteiger partial charge >= 0.3 is 5.97 Å². The van der Waals surface area contributed by atoms with E-state index in [4.69, 9.17) is 16.7 Å². The highest BCUT2D eigenvalue weighted by Gasteiger charge is 2.09. The maximum absolute atomic E-state index is 10.7. The predicted molar refractivity (Wildman–Crippen MR) is 59.3 cm³/mol. The van der Waals surface area contributed by atoms with Crippen LogP contribution in [0.3, 0.4) is 0 Å². The van der Waals surface area contributed by atoms with Gasteiger partial charge in [-0.05, 0) is 24.6 Å². The van der Waals surface area contributed by atoms with Crippen LogP contribution in [-0.4, -0.2) is 15.6 Å². The van der Waals surface area contributed by atoms with Gasteiger partial charge in [0.05, 0.1) is 5.52 Å². The lowest BCUT2D eigenvalue weighted by molar-refractivity contribution is -0.137. The van der Waals surface area contributed by atoms with E-state index in [-0.39, 0.29) is 6.54 Å². The van der Waals surface area contributed by atoms with Crippen LogP contribution in [0.25, 0.3) is 10.9 Å². The average Bonchev–Trinajstić information content (AvgIpc) is 2.43. The number of halogens is 1. The Labute approximate surface area is 91.9 Å². The zero-order chi connectivity index (χ0) is 11.0. The molecule has 0 spiro atoms. The molecule has 0 atom stereocenters. The van der Waals surface area contributed by atoms with Crippen molar-refractivity contribution in [3.63, 3.8) is 0 Å². The number of benzene rings is 1. The van der Waals surface area contributed by atoms with Gasteiger partial charge in [-0.25, -0.2) is 0 Å². The van der Waals surface area contributed by atoms with E-state index in [1.54, 1.807) is 10.6 Å². The van der Waals surface area contributed by atoms with Gasteiger partial charge in [0.25, 0.3) is 0 Å². The molecule has 0 saturated heterocycles. The molecule has 0 aliphatic carbocycles. The number of carboxylic acids is 1. The third-order valence-corrected chi connectivity index (χ3v) is 2.62. The molecule has 3 nitrogen and oxygen atoms in total. The number of aromatic nitrogens is 1. The highest BCUT2D eigenvalue weighted by Crippen LogP contribution is 2.24. The Balaban J connectivity index is 2.65. The van der Waals surface area contributed by atoms with Crippen molar-refractivity contribution in [3.8, 4) is 0 Å². The molecule has 1 N–H and O–H groups in total. The maximum atomic E-state index is 10.7. The minimum Gasteiger partial charge on any atom is -0.480 e. The molecule has 78 valence electrons. The molecule has 1 aromatic carbocycles. The number of fused-ring (bicyclic) bond motifs is 1. The van der Waals surface area contributed by atoms with Gasteiger partial charge in [0.15, 0.2) is 0 Å². The van der Waals surface area contributed by atoms with Crippen molar-refractivity contribution in [3.05, 3.63) is 35.0 Å². The van der Waals surface area contributed by atoms with Gasteiger partial charge in [0.1, 0.15) is 11.7 Å². The van der Waals surface area contributed by atoms with Crippen molar-refractivity contribution in [2.75, 3.05) is 0 Å². The molecule has 1 heterocycles. The van der Waals surface area contributed by atoms with Crippen molar-refractivity contribution in [2.24, 2.45) is 0 Å². The molecule has 4 heteroatoms. The van der Waals surface area contributed by atoms with E-state index in [0.717, 1.165) is 16.5 Å². The topological polar surface area (TPSA) is 42.2 Å². The summed E-state index contributed by atoms with van der Waals surface area (Å²) in [6.45, 7) is 1.86. The Morgan fingerprint density at radius 1 is 1.47 bits per heavy atom. The molecule has 0 aliphatic heterocycles. The number of carbonyl (C=O) groups is 1. The van der Waals surface area contributed by atoms with Crippen LogP contribution in [0.2, 0.25) is 5.15 Å². The Morgan fingerprint density at radius 2 is 2.20 bits per heavy atom. The summed E-state index contributed by atoms with van der Waals surface area (Å²) >= 11 is 5.96. The first-order chi connectivity index (χ1) is 7.08. The number of rotatable bonds is 2. The molecule has 0 radical (unpaired) electrons. The molecular weight excluding hydrogens is 214 g/mol. The maximum Gasteiger partial charge on any atom is 0.323 e. The van der Waals surface area contributed by atoms with E-state index in [1.807, 2.05) is 25.1 Å². The molecule has 0 unspecified atom stereocenters. The number of aliphatic carboxylic acids is 1. The SMILES string of the molecule is Cc1ccc2cc(Cl)n(CC(=O)O)c2c1. The Bertz CT molecular complexity index is 531. The second-order valence-electron chi connectivity index (χ2n) is 3.51. The average molecular weight is 224 g/mol. The molecule has 1 aromatic heterocycles. The largest absolute Gasteiger partial charge is 0.480 e. The zero-order valence-electron chi connectivity index (χ0n) is 8.20. The van der Waals surface area contributed by atoms with Gasteiger partial charge in [-0.15, -0.1) is 0 Å². The van der Waals surface area contributed by atoms with Crippen molar-refractivity contribution in [2.45, 2.75) is 13.5 Å².